The van der Waals surface area contributed by atoms with Crippen molar-refractivity contribution in [2.45, 2.75) is 37.9 Å². The predicted molar refractivity (Wildman–Crippen MR) is 49.3 cm³/mol. The Morgan fingerprint density at radius 3 is 2.67 bits per heavy atom. The summed E-state index contributed by atoms with van der Waals surface area (Å²) in [6, 6.07) is 0.0342. The Bertz CT molecular complexity index is 212. The van der Waals surface area contributed by atoms with Gasteiger partial charge in [-0.1, -0.05) is 6.42 Å². The molecule has 1 unspecified atom stereocenters. The van der Waals surface area contributed by atoms with Crippen LogP contribution in [0.1, 0.15) is 25.7 Å². The summed E-state index contributed by atoms with van der Waals surface area (Å²) in [5.41, 5.74) is 0. The van der Waals surface area contributed by atoms with Crippen LogP contribution in [0.2, 0.25) is 0 Å². The number of carbonyl (C=O) groups is 1. The molecule has 15 heavy (non-hydrogen) atoms. The van der Waals surface area contributed by atoms with Gasteiger partial charge in [0.2, 0.25) is 5.91 Å². The van der Waals surface area contributed by atoms with Gasteiger partial charge in [-0.3, -0.25) is 4.79 Å². The van der Waals surface area contributed by atoms with Crippen LogP contribution in [-0.4, -0.2) is 31.2 Å². The lowest BCUT2D eigenvalue weighted by molar-refractivity contribution is -0.138. The Labute approximate surface area is 86.4 Å². The molecule has 3 nitrogen and oxygen atoms in total. The van der Waals surface area contributed by atoms with E-state index >= 15 is 0 Å². The maximum atomic E-state index is 11.8. The first-order chi connectivity index (χ1) is 6.97. The van der Waals surface area contributed by atoms with Crippen molar-refractivity contribution < 1.29 is 18.0 Å². The first kappa shape index (κ1) is 12.3. The minimum atomic E-state index is -4.32. The number of amides is 1. The van der Waals surface area contributed by atoms with Crippen molar-refractivity contribution in [3.8, 4) is 0 Å². The van der Waals surface area contributed by atoms with E-state index in [1.807, 2.05) is 5.32 Å². The molecule has 1 aliphatic rings. The molecule has 1 saturated heterocycles. The molecule has 1 rings (SSSR count). The second-order valence-corrected chi connectivity index (χ2v) is 3.74. The maximum absolute atomic E-state index is 11.8. The highest BCUT2D eigenvalue weighted by molar-refractivity contribution is 5.76. The highest BCUT2D eigenvalue weighted by Gasteiger charge is 2.28. The van der Waals surface area contributed by atoms with Crippen molar-refractivity contribution in [2.24, 2.45) is 0 Å². The molecule has 0 aromatic carbocycles. The van der Waals surface area contributed by atoms with Crippen molar-refractivity contribution >= 4 is 5.91 Å². The zero-order valence-corrected chi connectivity index (χ0v) is 8.36. The zero-order valence-electron chi connectivity index (χ0n) is 8.36. The molecule has 0 aromatic heterocycles. The lowest BCUT2D eigenvalue weighted by Gasteiger charge is -2.22. The number of hydrogen-bond donors (Lipinski definition) is 2. The van der Waals surface area contributed by atoms with Crippen molar-refractivity contribution in [1.82, 2.24) is 10.6 Å². The summed E-state index contributed by atoms with van der Waals surface area (Å²) >= 11 is 0. The average Bonchev–Trinajstić information content (AvgIpc) is 2.15. The van der Waals surface area contributed by atoms with Gasteiger partial charge in [0.25, 0.3) is 0 Å². The molecular weight excluding hydrogens is 209 g/mol. The number of piperidine rings is 1. The number of halogens is 3. The van der Waals surface area contributed by atoms with E-state index in [2.05, 4.69) is 5.32 Å². The average molecular weight is 224 g/mol. The Kier molecular flexibility index (Phi) is 4.38. The summed E-state index contributed by atoms with van der Waals surface area (Å²) in [4.78, 5) is 11.1. The van der Waals surface area contributed by atoms with Gasteiger partial charge in [-0.2, -0.15) is 13.2 Å². The minimum Gasteiger partial charge on any atom is -0.347 e. The summed E-state index contributed by atoms with van der Waals surface area (Å²) in [7, 11) is 0. The SMILES string of the molecule is O=C(CC1CCCCN1)NCC(F)(F)F. The fourth-order valence-corrected chi connectivity index (χ4v) is 1.59. The Balaban J connectivity index is 2.17. The van der Waals surface area contributed by atoms with Gasteiger partial charge < -0.3 is 10.6 Å². The second kappa shape index (κ2) is 5.34. The van der Waals surface area contributed by atoms with Gasteiger partial charge in [0.1, 0.15) is 6.54 Å². The zero-order chi connectivity index (χ0) is 11.3. The van der Waals surface area contributed by atoms with Gasteiger partial charge in [0.05, 0.1) is 0 Å². The lowest BCUT2D eigenvalue weighted by Crippen LogP contribution is -2.41. The third kappa shape index (κ3) is 5.61. The van der Waals surface area contributed by atoms with Crippen LogP contribution in [-0.2, 0) is 4.79 Å². The number of rotatable bonds is 3. The topological polar surface area (TPSA) is 41.1 Å². The van der Waals surface area contributed by atoms with E-state index in [4.69, 9.17) is 0 Å². The van der Waals surface area contributed by atoms with Crippen LogP contribution in [0.5, 0.6) is 0 Å². The predicted octanol–water partition coefficient (Wildman–Crippen LogP) is 1.20. The van der Waals surface area contributed by atoms with Crippen molar-refractivity contribution in [3.63, 3.8) is 0 Å². The third-order valence-electron chi connectivity index (χ3n) is 2.33. The van der Waals surface area contributed by atoms with Crippen LogP contribution in [0.15, 0.2) is 0 Å². The number of carbonyl (C=O) groups excluding carboxylic acids is 1. The van der Waals surface area contributed by atoms with Gasteiger partial charge in [0, 0.05) is 12.5 Å². The van der Waals surface area contributed by atoms with Gasteiger partial charge in [-0.25, -0.2) is 0 Å². The van der Waals surface area contributed by atoms with Crippen LogP contribution in [0.3, 0.4) is 0 Å². The van der Waals surface area contributed by atoms with Gasteiger partial charge >= 0.3 is 6.18 Å². The van der Waals surface area contributed by atoms with E-state index in [9.17, 15) is 18.0 Å². The normalized spacial score (nSPS) is 22.5. The van der Waals surface area contributed by atoms with Crippen molar-refractivity contribution in [1.29, 1.82) is 0 Å². The summed E-state index contributed by atoms with van der Waals surface area (Å²) in [6.45, 7) is -0.393. The molecule has 0 aliphatic carbocycles. The molecule has 1 amide bonds. The Hall–Kier alpha value is -0.780. The van der Waals surface area contributed by atoms with E-state index in [0.29, 0.717) is 0 Å². The van der Waals surface area contributed by atoms with E-state index in [0.717, 1.165) is 25.8 Å². The molecule has 0 radical (unpaired) electrons. The standard InChI is InChI=1S/C9H15F3N2O/c10-9(11,12)6-14-8(15)5-7-3-1-2-4-13-7/h7,13H,1-6H2,(H,14,15). The Morgan fingerprint density at radius 1 is 1.40 bits per heavy atom. The van der Waals surface area contributed by atoms with E-state index in [-0.39, 0.29) is 12.5 Å². The number of hydrogen-bond acceptors (Lipinski definition) is 2. The first-order valence-corrected chi connectivity index (χ1v) is 5.04. The Morgan fingerprint density at radius 2 is 2.13 bits per heavy atom. The summed E-state index contributed by atoms with van der Waals surface area (Å²) in [5, 5.41) is 4.97. The summed E-state index contributed by atoms with van der Waals surface area (Å²) in [6.07, 6.45) is -1.23. The van der Waals surface area contributed by atoms with Crippen LogP contribution >= 0.6 is 0 Å². The van der Waals surface area contributed by atoms with Crippen LogP contribution in [0.25, 0.3) is 0 Å². The molecule has 0 spiro atoms. The molecule has 1 fully saturated rings. The molecule has 1 heterocycles. The first-order valence-electron chi connectivity index (χ1n) is 5.04. The number of alkyl halides is 3. The molecule has 0 saturated carbocycles. The molecular formula is C9H15F3N2O. The minimum absolute atomic E-state index is 0.0342. The summed E-state index contributed by atoms with van der Waals surface area (Å²) in [5.74, 6) is -0.535. The monoisotopic (exact) mass is 224 g/mol. The van der Waals surface area contributed by atoms with E-state index in [1.165, 1.54) is 0 Å². The van der Waals surface area contributed by atoms with Gasteiger partial charge in [-0.05, 0) is 19.4 Å². The maximum Gasteiger partial charge on any atom is 0.405 e. The van der Waals surface area contributed by atoms with Crippen molar-refractivity contribution in [3.05, 3.63) is 0 Å². The largest absolute Gasteiger partial charge is 0.405 e. The quantitative estimate of drug-likeness (QED) is 0.756. The molecule has 1 atom stereocenters. The van der Waals surface area contributed by atoms with E-state index < -0.39 is 18.6 Å². The highest BCUT2D eigenvalue weighted by Crippen LogP contribution is 2.13. The smallest absolute Gasteiger partial charge is 0.347 e. The molecule has 0 aromatic rings. The highest BCUT2D eigenvalue weighted by atomic mass is 19.4. The van der Waals surface area contributed by atoms with E-state index in [1.54, 1.807) is 0 Å². The van der Waals surface area contributed by atoms with Gasteiger partial charge in [-0.15, -0.1) is 0 Å². The second-order valence-electron chi connectivity index (χ2n) is 3.74. The van der Waals surface area contributed by atoms with Crippen LogP contribution < -0.4 is 10.6 Å². The molecule has 2 N–H and O–H groups in total. The molecule has 88 valence electrons. The number of nitrogens with one attached hydrogen (secondary N) is 2. The lowest BCUT2D eigenvalue weighted by atomic mass is 10.0. The fourth-order valence-electron chi connectivity index (χ4n) is 1.59. The fraction of sp³-hybridized carbons (Fsp3) is 0.889. The van der Waals surface area contributed by atoms with Crippen LogP contribution in [0, 0.1) is 0 Å². The van der Waals surface area contributed by atoms with Gasteiger partial charge in [0.15, 0.2) is 0 Å². The summed E-state index contributed by atoms with van der Waals surface area (Å²) < 4.78 is 35.3. The molecule has 6 heteroatoms. The third-order valence-corrected chi connectivity index (χ3v) is 2.33. The van der Waals surface area contributed by atoms with Crippen LogP contribution in [0.4, 0.5) is 13.2 Å². The molecule has 0 bridgehead atoms. The molecule has 1 aliphatic heterocycles. The van der Waals surface area contributed by atoms with Crippen molar-refractivity contribution in [2.75, 3.05) is 13.1 Å².